The van der Waals surface area contributed by atoms with E-state index >= 15 is 0 Å². The molecule has 1 N–H and O–H groups in total. The average Bonchev–Trinajstić information content (AvgIpc) is 2.70. The summed E-state index contributed by atoms with van der Waals surface area (Å²) < 4.78 is 0.803. The summed E-state index contributed by atoms with van der Waals surface area (Å²) in [6, 6.07) is 1.95. The fraction of sp³-hybridized carbons (Fsp3) is 0.636. The molecule has 1 fully saturated rings. The Bertz CT molecular complexity index is 339. The van der Waals surface area contributed by atoms with E-state index in [1.807, 2.05) is 18.4 Å². The zero-order chi connectivity index (χ0) is 10.4. The number of rotatable bonds is 3. The summed E-state index contributed by atoms with van der Waals surface area (Å²) in [5.41, 5.74) is 0.692. The van der Waals surface area contributed by atoms with Crippen LogP contribution in [0.2, 0.25) is 4.34 Å². The SMILES string of the molecule is CC(O)(Cc1csc(Cl)c1)C1(C)CC1. The van der Waals surface area contributed by atoms with E-state index in [9.17, 15) is 5.11 Å². The molecular weight excluding hydrogens is 216 g/mol. The van der Waals surface area contributed by atoms with Gasteiger partial charge in [-0.15, -0.1) is 11.3 Å². The molecule has 0 aromatic carbocycles. The fourth-order valence-electron chi connectivity index (χ4n) is 1.78. The summed E-state index contributed by atoms with van der Waals surface area (Å²) in [5.74, 6) is 0. The van der Waals surface area contributed by atoms with E-state index in [2.05, 4.69) is 6.92 Å². The summed E-state index contributed by atoms with van der Waals surface area (Å²) in [6.07, 6.45) is 2.99. The molecule has 78 valence electrons. The van der Waals surface area contributed by atoms with Crippen LogP contribution in [0.1, 0.15) is 32.3 Å². The highest BCUT2D eigenvalue weighted by atomic mass is 35.5. The van der Waals surface area contributed by atoms with E-state index in [0.717, 1.165) is 22.7 Å². The molecule has 1 atom stereocenters. The van der Waals surface area contributed by atoms with Gasteiger partial charge in [0.15, 0.2) is 0 Å². The fourth-order valence-corrected chi connectivity index (χ4v) is 2.68. The van der Waals surface area contributed by atoms with Gasteiger partial charge in [0.2, 0.25) is 0 Å². The molecule has 2 rings (SSSR count). The number of thiophene rings is 1. The quantitative estimate of drug-likeness (QED) is 0.843. The Hall–Kier alpha value is -0.0500. The van der Waals surface area contributed by atoms with Gasteiger partial charge >= 0.3 is 0 Å². The Morgan fingerprint density at radius 3 is 2.71 bits per heavy atom. The Labute approximate surface area is 93.7 Å². The predicted octanol–water partition coefficient (Wildman–Crippen LogP) is 3.50. The minimum atomic E-state index is -0.586. The van der Waals surface area contributed by atoms with E-state index in [0.29, 0.717) is 6.42 Å². The molecular formula is C11H15ClOS. The zero-order valence-electron chi connectivity index (χ0n) is 8.51. The molecule has 1 aromatic heterocycles. The summed E-state index contributed by atoms with van der Waals surface area (Å²) in [7, 11) is 0. The number of aliphatic hydroxyl groups is 1. The van der Waals surface area contributed by atoms with E-state index < -0.39 is 5.60 Å². The highest BCUT2D eigenvalue weighted by Crippen LogP contribution is 2.54. The minimum Gasteiger partial charge on any atom is -0.389 e. The van der Waals surface area contributed by atoms with Crippen molar-refractivity contribution < 1.29 is 5.11 Å². The second-order valence-electron chi connectivity index (χ2n) is 4.77. The lowest BCUT2D eigenvalue weighted by Crippen LogP contribution is -2.36. The molecule has 14 heavy (non-hydrogen) atoms. The van der Waals surface area contributed by atoms with Crippen LogP contribution in [0.4, 0.5) is 0 Å². The van der Waals surface area contributed by atoms with Crippen LogP contribution in [0.15, 0.2) is 11.4 Å². The van der Waals surface area contributed by atoms with Gasteiger partial charge in [0.1, 0.15) is 0 Å². The first-order valence-electron chi connectivity index (χ1n) is 4.88. The van der Waals surface area contributed by atoms with Gasteiger partial charge in [0.05, 0.1) is 9.94 Å². The molecule has 1 aliphatic rings. The lowest BCUT2D eigenvalue weighted by molar-refractivity contribution is -0.00693. The van der Waals surface area contributed by atoms with Crippen molar-refractivity contribution in [3.05, 3.63) is 21.3 Å². The third-order valence-corrected chi connectivity index (χ3v) is 4.61. The molecule has 0 amide bonds. The van der Waals surface area contributed by atoms with Gasteiger partial charge in [-0.25, -0.2) is 0 Å². The first kappa shape index (κ1) is 10.5. The van der Waals surface area contributed by atoms with Crippen molar-refractivity contribution in [2.45, 2.75) is 38.7 Å². The first-order chi connectivity index (χ1) is 6.43. The third kappa shape index (κ3) is 1.83. The molecule has 0 radical (unpaired) electrons. The van der Waals surface area contributed by atoms with Crippen molar-refractivity contribution >= 4 is 22.9 Å². The maximum absolute atomic E-state index is 10.3. The normalized spacial score (nSPS) is 23.1. The van der Waals surface area contributed by atoms with Crippen LogP contribution in [0.5, 0.6) is 0 Å². The summed E-state index contributed by atoms with van der Waals surface area (Å²) in [5, 5.41) is 12.4. The van der Waals surface area contributed by atoms with Crippen LogP contribution in [0.25, 0.3) is 0 Å². The van der Waals surface area contributed by atoms with Gasteiger partial charge in [-0.05, 0) is 42.2 Å². The molecule has 1 aliphatic carbocycles. The summed E-state index contributed by atoms with van der Waals surface area (Å²) in [4.78, 5) is 0. The smallest absolute Gasteiger partial charge is 0.0931 e. The largest absolute Gasteiger partial charge is 0.389 e. The molecule has 1 saturated carbocycles. The molecule has 0 spiro atoms. The van der Waals surface area contributed by atoms with E-state index in [1.54, 1.807) is 0 Å². The number of halogens is 1. The highest BCUT2D eigenvalue weighted by molar-refractivity contribution is 7.14. The Morgan fingerprint density at radius 1 is 1.64 bits per heavy atom. The molecule has 0 saturated heterocycles. The lowest BCUT2D eigenvalue weighted by Gasteiger charge is -2.30. The van der Waals surface area contributed by atoms with E-state index in [4.69, 9.17) is 11.6 Å². The molecule has 1 unspecified atom stereocenters. The summed E-state index contributed by atoms with van der Waals surface area (Å²) >= 11 is 7.39. The lowest BCUT2D eigenvalue weighted by atomic mass is 9.83. The van der Waals surface area contributed by atoms with Crippen molar-refractivity contribution in [3.63, 3.8) is 0 Å². The second kappa shape index (κ2) is 3.22. The maximum atomic E-state index is 10.3. The molecule has 1 nitrogen and oxygen atoms in total. The highest BCUT2D eigenvalue weighted by Gasteiger charge is 2.51. The van der Waals surface area contributed by atoms with E-state index in [-0.39, 0.29) is 5.41 Å². The third-order valence-electron chi connectivity index (χ3n) is 3.47. The van der Waals surface area contributed by atoms with Crippen LogP contribution in [-0.4, -0.2) is 10.7 Å². The first-order valence-corrected chi connectivity index (χ1v) is 6.14. The Kier molecular flexibility index (Phi) is 2.41. The van der Waals surface area contributed by atoms with Crippen LogP contribution in [-0.2, 0) is 6.42 Å². The average molecular weight is 231 g/mol. The second-order valence-corrected chi connectivity index (χ2v) is 6.31. The molecule has 0 bridgehead atoms. The van der Waals surface area contributed by atoms with Crippen molar-refractivity contribution in [2.24, 2.45) is 5.41 Å². The van der Waals surface area contributed by atoms with Gasteiger partial charge in [-0.3, -0.25) is 0 Å². The Morgan fingerprint density at radius 2 is 2.29 bits per heavy atom. The van der Waals surface area contributed by atoms with Crippen molar-refractivity contribution in [3.8, 4) is 0 Å². The van der Waals surface area contributed by atoms with Gasteiger partial charge in [0.25, 0.3) is 0 Å². The van der Waals surface area contributed by atoms with Gasteiger partial charge in [-0.1, -0.05) is 18.5 Å². The van der Waals surface area contributed by atoms with Gasteiger partial charge in [-0.2, -0.15) is 0 Å². The van der Waals surface area contributed by atoms with Crippen molar-refractivity contribution in [2.75, 3.05) is 0 Å². The van der Waals surface area contributed by atoms with Crippen LogP contribution < -0.4 is 0 Å². The number of hydrogen-bond acceptors (Lipinski definition) is 2. The molecule has 3 heteroatoms. The number of hydrogen-bond donors (Lipinski definition) is 1. The van der Waals surface area contributed by atoms with Crippen LogP contribution in [0.3, 0.4) is 0 Å². The molecule has 1 heterocycles. The monoisotopic (exact) mass is 230 g/mol. The maximum Gasteiger partial charge on any atom is 0.0931 e. The van der Waals surface area contributed by atoms with Crippen LogP contribution >= 0.6 is 22.9 Å². The van der Waals surface area contributed by atoms with Gasteiger partial charge < -0.3 is 5.11 Å². The van der Waals surface area contributed by atoms with Gasteiger partial charge in [0, 0.05) is 6.42 Å². The summed E-state index contributed by atoms with van der Waals surface area (Å²) in [6.45, 7) is 4.09. The minimum absolute atomic E-state index is 0.126. The predicted molar refractivity (Wildman–Crippen MR) is 61.0 cm³/mol. The van der Waals surface area contributed by atoms with Crippen molar-refractivity contribution in [1.29, 1.82) is 0 Å². The standard InChI is InChI=1S/C11H15ClOS/c1-10(3-4-10)11(2,13)6-8-5-9(12)14-7-8/h5,7,13H,3-4,6H2,1-2H3. The van der Waals surface area contributed by atoms with E-state index in [1.165, 1.54) is 11.3 Å². The zero-order valence-corrected chi connectivity index (χ0v) is 10.1. The topological polar surface area (TPSA) is 20.2 Å². The molecule has 1 aromatic rings. The van der Waals surface area contributed by atoms with Crippen LogP contribution in [0, 0.1) is 5.41 Å². The molecule has 0 aliphatic heterocycles. The Balaban J connectivity index is 2.10. The van der Waals surface area contributed by atoms with Crippen molar-refractivity contribution in [1.82, 2.24) is 0 Å².